The summed E-state index contributed by atoms with van der Waals surface area (Å²) in [5, 5.41) is 12.5. The molecule has 0 heterocycles. The molecule has 0 radical (unpaired) electrons. The number of nitrogens with one attached hydrogen (secondary N) is 1. The van der Waals surface area contributed by atoms with Crippen molar-refractivity contribution in [2.45, 2.75) is 38.8 Å². The van der Waals surface area contributed by atoms with Crippen LogP contribution in [0.3, 0.4) is 0 Å². The maximum atomic E-state index is 10.8. The summed E-state index contributed by atoms with van der Waals surface area (Å²) < 4.78 is 0. The zero-order valence-electron chi connectivity index (χ0n) is 13.1. The molecule has 3 heteroatoms. The molecule has 0 aliphatic heterocycles. The Labute approximate surface area is 132 Å². The largest absolute Gasteiger partial charge is 0.481 e. The van der Waals surface area contributed by atoms with Crippen LogP contribution in [0.15, 0.2) is 54.6 Å². The van der Waals surface area contributed by atoms with Crippen LogP contribution in [0, 0.1) is 0 Å². The van der Waals surface area contributed by atoms with Gasteiger partial charge in [-0.1, -0.05) is 54.6 Å². The van der Waals surface area contributed by atoms with E-state index in [0.29, 0.717) is 12.1 Å². The summed E-state index contributed by atoms with van der Waals surface area (Å²) in [6, 6.07) is 18.8. The van der Waals surface area contributed by atoms with Gasteiger partial charge in [-0.25, -0.2) is 0 Å². The fourth-order valence-corrected chi connectivity index (χ4v) is 2.72. The van der Waals surface area contributed by atoms with E-state index < -0.39 is 5.97 Å². The van der Waals surface area contributed by atoms with Gasteiger partial charge in [0.2, 0.25) is 0 Å². The minimum absolute atomic E-state index is 0.0794. The van der Waals surface area contributed by atoms with E-state index in [-0.39, 0.29) is 6.42 Å². The van der Waals surface area contributed by atoms with Gasteiger partial charge in [0.25, 0.3) is 0 Å². The molecule has 0 aromatic heterocycles. The van der Waals surface area contributed by atoms with E-state index in [1.807, 2.05) is 36.4 Å². The van der Waals surface area contributed by atoms with Gasteiger partial charge in [-0.15, -0.1) is 0 Å². The zero-order chi connectivity index (χ0) is 15.9. The van der Waals surface area contributed by atoms with Crippen molar-refractivity contribution in [2.75, 3.05) is 0 Å². The van der Waals surface area contributed by atoms with Crippen molar-refractivity contribution in [1.29, 1.82) is 0 Å². The molecule has 2 rings (SSSR count). The van der Waals surface area contributed by atoms with Gasteiger partial charge in [0, 0.05) is 12.1 Å². The van der Waals surface area contributed by atoms with Crippen LogP contribution in [0.2, 0.25) is 0 Å². The lowest BCUT2D eigenvalue weighted by Crippen LogP contribution is -2.30. The Balaban J connectivity index is 1.94. The summed E-state index contributed by atoms with van der Waals surface area (Å²) >= 11 is 0. The molecule has 3 nitrogen and oxygen atoms in total. The Kier molecular flexibility index (Phi) is 5.73. The fraction of sp³-hybridized carbons (Fsp3) is 0.316. The molecule has 2 N–H and O–H groups in total. The first-order valence-electron chi connectivity index (χ1n) is 7.65. The molecule has 0 saturated heterocycles. The normalized spacial score (nSPS) is 13.5. The van der Waals surface area contributed by atoms with Crippen LogP contribution in [-0.2, 0) is 17.6 Å². The average molecular weight is 297 g/mol. The van der Waals surface area contributed by atoms with E-state index >= 15 is 0 Å². The van der Waals surface area contributed by atoms with Gasteiger partial charge in [-0.05, 0) is 37.0 Å². The van der Waals surface area contributed by atoms with Gasteiger partial charge in [-0.2, -0.15) is 0 Å². The highest BCUT2D eigenvalue weighted by atomic mass is 16.4. The minimum Gasteiger partial charge on any atom is -0.481 e. The number of carboxylic acids is 1. The van der Waals surface area contributed by atoms with E-state index in [4.69, 9.17) is 5.11 Å². The first-order valence-corrected chi connectivity index (χ1v) is 7.65. The molecule has 0 unspecified atom stereocenters. The van der Waals surface area contributed by atoms with E-state index in [1.54, 1.807) is 0 Å². The van der Waals surface area contributed by atoms with Gasteiger partial charge in [0.05, 0.1) is 6.42 Å². The van der Waals surface area contributed by atoms with Gasteiger partial charge < -0.3 is 10.4 Å². The fourth-order valence-electron chi connectivity index (χ4n) is 2.72. The number of rotatable bonds is 7. The predicted molar refractivity (Wildman–Crippen MR) is 88.9 cm³/mol. The number of carboxylic acid groups (broad SMARTS) is 1. The second-order valence-electron chi connectivity index (χ2n) is 5.79. The highest BCUT2D eigenvalue weighted by Crippen LogP contribution is 2.14. The molecule has 2 atom stereocenters. The summed E-state index contributed by atoms with van der Waals surface area (Å²) in [4.78, 5) is 10.8. The lowest BCUT2D eigenvalue weighted by Gasteiger charge is -2.20. The quantitative estimate of drug-likeness (QED) is 0.821. The Morgan fingerprint density at radius 2 is 1.73 bits per heavy atom. The monoisotopic (exact) mass is 297 g/mol. The lowest BCUT2D eigenvalue weighted by molar-refractivity contribution is -0.136. The summed E-state index contributed by atoms with van der Waals surface area (Å²) in [7, 11) is 0. The molecule has 0 amide bonds. The van der Waals surface area contributed by atoms with Gasteiger partial charge in [0.15, 0.2) is 0 Å². The summed E-state index contributed by atoms with van der Waals surface area (Å²) in [5.74, 6) is -0.791. The molecule has 22 heavy (non-hydrogen) atoms. The summed E-state index contributed by atoms with van der Waals surface area (Å²) in [6.45, 7) is 4.32. The molecular weight excluding hydrogens is 274 g/mol. The van der Waals surface area contributed by atoms with Crippen molar-refractivity contribution in [3.8, 4) is 0 Å². The number of aliphatic carboxylic acids is 1. The molecule has 2 aromatic rings. The summed E-state index contributed by atoms with van der Waals surface area (Å²) in [5.41, 5.74) is 3.29. The number of hydrogen-bond acceptors (Lipinski definition) is 2. The topological polar surface area (TPSA) is 49.3 Å². The number of benzene rings is 2. The van der Waals surface area contributed by atoms with Gasteiger partial charge in [-0.3, -0.25) is 4.79 Å². The molecule has 0 spiro atoms. The van der Waals surface area contributed by atoms with Crippen molar-refractivity contribution in [3.05, 3.63) is 71.3 Å². The standard InChI is InChI=1S/C19H23NO2/c1-14(20-15(2)18-9-4-3-5-10-18)11-16-7-6-8-17(12-16)13-19(21)22/h3-10,12,14-15,20H,11,13H2,1-2H3,(H,21,22)/t14-,15-/m1/s1. The van der Waals surface area contributed by atoms with Crippen LogP contribution in [0.5, 0.6) is 0 Å². The third-order valence-electron chi connectivity index (χ3n) is 3.72. The van der Waals surface area contributed by atoms with Crippen molar-refractivity contribution < 1.29 is 9.90 Å². The lowest BCUT2D eigenvalue weighted by atomic mass is 10.0. The van der Waals surface area contributed by atoms with Crippen LogP contribution >= 0.6 is 0 Å². The highest BCUT2D eigenvalue weighted by Gasteiger charge is 2.10. The van der Waals surface area contributed by atoms with Crippen LogP contribution in [-0.4, -0.2) is 17.1 Å². The highest BCUT2D eigenvalue weighted by molar-refractivity contribution is 5.70. The third-order valence-corrected chi connectivity index (χ3v) is 3.72. The minimum atomic E-state index is -0.791. The molecule has 0 aliphatic carbocycles. The molecule has 0 fully saturated rings. The van der Waals surface area contributed by atoms with Crippen LogP contribution in [0.4, 0.5) is 0 Å². The maximum absolute atomic E-state index is 10.8. The van der Waals surface area contributed by atoms with Gasteiger partial charge >= 0.3 is 5.97 Å². The first kappa shape index (κ1) is 16.2. The van der Waals surface area contributed by atoms with E-state index in [9.17, 15) is 4.79 Å². The van der Waals surface area contributed by atoms with E-state index in [0.717, 1.165) is 12.0 Å². The molecule has 2 aromatic carbocycles. The van der Waals surface area contributed by atoms with E-state index in [1.165, 1.54) is 11.1 Å². The average Bonchev–Trinajstić information content (AvgIpc) is 2.47. The van der Waals surface area contributed by atoms with Crippen molar-refractivity contribution in [3.63, 3.8) is 0 Å². The molecule has 116 valence electrons. The molecule has 0 bridgehead atoms. The number of hydrogen-bond donors (Lipinski definition) is 2. The Morgan fingerprint density at radius 1 is 1.05 bits per heavy atom. The second kappa shape index (κ2) is 7.76. The van der Waals surface area contributed by atoms with Crippen LogP contribution in [0.1, 0.15) is 36.6 Å². The first-order chi connectivity index (χ1) is 10.5. The molecule has 0 aliphatic rings. The Bertz CT molecular complexity index is 610. The maximum Gasteiger partial charge on any atom is 0.307 e. The Hall–Kier alpha value is -2.13. The second-order valence-corrected chi connectivity index (χ2v) is 5.79. The predicted octanol–water partition coefficient (Wildman–Crippen LogP) is 3.60. The number of carbonyl (C=O) groups is 1. The van der Waals surface area contributed by atoms with Crippen LogP contribution < -0.4 is 5.32 Å². The third kappa shape index (κ3) is 5.01. The van der Waals surface area contributed by atoms with Crippen molar-refractivity contribution >= 4 is 5.97 Å². The van der Waals surface area contributed by atoms with Gasteiger partial charge in [0.1, 0.15) is 0 Å². The van der Waals surface area contributed by atoms with E-state index in [2.05, 4.69) is 37.4 Å². The zero-order valence-corrected chi connectivity index (χ0v) is 13.1. The van der Waals surface area contributed by atoms with Crippen LogP contribution in [0.25, 0.3) is 0 Å². The Morgan fingerprint density at radius 3 is 2.41 bits per heavy atom. The van der Waals surface area contributed by atoms with Crippen molar-refractivity contribution in [2.24, 2.45) is 0 Å². The molecular formula is C19H23NO2. The SMILES string of the molecule is C[C@H](Cc1cccc(CC(=O)O)c1)N[C@H](C)c1ccccc1. The van der Waals surface area contributed by atoms with Crippen molar-refractivity contribution in [1.82, 2.24) is 5.32 Å². The summed E-state index contributed by atoms with van der Waals surface area (Å²) in [6.07, 6.45) is 0.959. The molecule has 0 saturated carbocycles. The smallest absolute Gasteiger partial charge is 0.307 e.